The van der Waals surface area contributed by atoms with Gasteiger partial charge in [0, 0.05) is 66.5 Å². The fourth-order valence-electron chi connectivity index (χ4n) is 7.83. The fraction of sp³-hybridized carbons (Fsp3) is 0.340. The van der Waals surface area contributed by atoms with Crippen molar-refractivity contribution in [3.63, 3.8) is 0 Å². The first-order valence-corrected chi connectivity index (χ1v) is 26.0. The Labute approximate surface area is 490 Å². The third-order valence-electron chi connectivity index (χ3n) is 12.0. The summed E-state index contributed by atoms with van der Waals surface area (Å²) in [7, 11) is 9.66. The Balaban J connectivity index is 0.000000220. The highest BCUT2D eigenvalue weighted by Gasteiger charge is 2.28. The summed E-state index contributed by atoms with van der Waals surface area (Å²) in [6, 6.07) is 22.1. The van der Waals surface area contributed by atoms with E-state index in [-0.39, 0.29) is 46.8 Å². The van der Waals surface area contributed by atoms with Crippen LogP contribution >= 0.6 is 24.0 Å². The molecule has 442 valence electrons. The third kappa shape index (κ3) is 18.3. The Hall–Kier alpha value is -9.41. The summed E-state index contributed by atoms with van der Waals surface area (Å²) in [4.78, 5) is 69.1. The van der Waals surface area contributed by atoms with Gasteiger partial charge in [-0.05, 0) is 67.2 Å². The van der Waals surface area contributed by atoms with E-state index in [4.69, 9.17) is 32.5 Å². The summed E-state index contributed by atoms with van der Waals surface area (Å²) in [6.45, 7) is 11.9. The van der Waals surface area contributed by atoms with Gasteiger partial charge in [0.1, 0.15) is 18.4 Å². The quantitative estimate of drug-likeness (QED) is 0.0725. The van der Waals surface area contributed by atoms with Gasteiger partial charge in [-0.25, -0.2) is 24.4 Å². The molecule has 0 radical (unpaired) electrons. The van der Waals surface area contributed by atoms with Crippen molar-refractivity contribution in [2.45, 2.75) is 20.8 Å². The number of benzene rings is 3. The van der Waals surface area contributed by atoms with Crippen LogP contribution in [0.2, 0.25) is 5.15 Å². The summed E-state index contributed by atoms with van der Waals surface area (Å²) in [5.41, 5.74) is 13.2. The minimum atomic E-state index is -0.786. The van der Waals surface area contributed by atoms with Gasteiger partial charge in [-0.15, -0.1) is 32.8 Å². The number of likely N-dealkylation sites (tertiary alicyclic amines) is 2. The lowest BCUT2D eigenvalue weighted by Crippen LogP contribution is -2.50. The van der Waals surface area contributed by atoms with E-state index in [1.54, 1.807) is 95.5 Å². The van der Waals surface area contributed by atoms with Crippen molar-refractivity contribution < 1.29 is 38.2 Å². The van der Waals surface area contributed by atoms with Crippen LogP contribution in [0, 0.1) is 17.8 Å². The molecule has 10 rings (SSSR count). The molecule has 3 aliphatic rings. The highest BCUT2D eigenvalue weighted by molar-refractivity contribution is 6.29. The van der Waals surface area contributed by atoms with Crippen LogP contribution in [-0.2, 0) is 14.1 Å². The lowest BCUT2D eigenvalue weighted by atomic mass is 10.0. The van der Waals surface area contributed by atoms with Crippen molar-refractivity contribution in [2.75, 3.05) is 83.5 Å². The number of aryl methyl sites for hydroxylation is 2. The van der Waals surface area contributed by atoms with Crippen LogP contribution in [0.4, 0.5) is 43.0 Å². The standard InChI is InChI=1S/C21H25N9O3.C16H16ClN7O2.C7H7NO2.C5H10N2O.C4H9N.ClH/c1-12-9-30(10-12)21(32)25-16-8-15(17(27-26-16)20(31)22-2)24-14-7-5-6-13(18(14)33-4)19-23-11-29(3)28-19;1-18-16(25)13-11(7-12(17)21-22-13)20-10-6-4-5-9(14(10)26-3)15-19-8-24(2)23-15;8-7(9)10-6-4-2-1-3-5-6;1-4-2-7(3-4)5(6)8;1-4-2-5-3-4;/h5-8,11-12H,9-10H2,1-4H3,(H,22,31)(H2,24,25,26,32);4-8H,1-3H3,(H,18,25)(H,20,21);1-5H,(H2,8,9);4H,2-3H2,1H3,(H2,6,8);4-5H,2-3H2,1H3;1H. The molecule has 3 aliphatic heterocycles. The van der Waals surface area contributed by atoms with Gasteiger partial charge in [-0.2, -0.15) is 10.2 Å². The second-order valence-corrected chi connectivity index (χ2v) is 19.3. The molecule has 3 saturated heterocycles. The van der Waals surface area contributed by atoms with Crippen molar-refractivity contribution in [3.8, 4) is 40.0 Å². The molecule has 0 bridgehead atoms. The number of halogens is 2. The Kier molecular flexibility index (Phi) is 24.0. The van der Waals surface area contributed by atoms with E-state index in [1.165, 1.54) is 40.4 Å². The maximum atomic E-state index is 12.4. The van der Waals surface area contributed by atoms with Crippen LogP contribution in [-0.4, -0.2) is 157 Å². The smallest absolute Gasteiger partial charge is 0.409 e. The molecule has 0 unspecified atom stereocenters. The highest BCUT2D eigenvalue weighted by atomic mass is 35.5. The third-order valence-corrected chi connectivity index (χ3v) is 12.2. The first kappa shape index (κ1) is 64.4. The van der Waals surface area contributed by atoms with Crippen LogP contribution in [0.1, 0.15) is 41.7 Å². The zero-order chi connectivity index (χ0) is 59.5. The predicted molar refractivity (Wildman–Crippen MR) is 314 cm³/mol. The van der Waals surface area contributed by atoms with Gasteiger partial charge in [0.15, 0.2) is 45.5 Å². The average molecular weight is 1180 g/mol. The van der Waals surface area contributed by atoms with Crippen LogP contribution in [0.5, 0.6) is 17.2 Å². The molecule has 7 heterocycles. The molecule has 0 saturated carbocycles. The number of carbonyl (C=O) groups excluding carboxylic acids is 5. The highest BCUT2D eigenvalue weighted by Crippen LogP contribution is 2.38. The number of nitrogens with two attached hydrogens (primary N) is 2. The lowest BCUT2D eigenvalue weighted by Gasteiger charge is -2.36. The summed E-state index contributed by atoms with van der Waals surface area (Å²) < 4.78 is 18.9. The molecule has 0 aliphatic carbocycles. The van der Waals surface area contributed by atoms with Gasteiger partial charge < -0.3 is 62.1 Å². The Morgan fingerprint density at radius 1 is 0.627 bits per heavy atom. The van der Waals surface area contributed by atoms with Crippen molar-refractivity contribution in [1.29, 1.82) is 0 Å². The second-order valence-electron chi connectivity index (χ2n) is 18.9. The largest absolute Gasteiger partial charge is 0.494 e. The molecule has 28 nitrogen and oxygen atoms in total. The summed E-state index contributed by atoms with van der Waals surface area (Å²) in [6.07, 6.45) is 2.41. The number of methoxy groups -OCH3 is 2. The maximum Gasteiger partial charge on any atom is 0.409 e. The molecule has 7 amide bonds. The SMILES string of the molecule is CC1CN(C(N)=O)C1.CC1CNC1.CNC(=O)c1nnc(Cl)cc1Nc1cccc(-c2ncn(C)n2)c1OC.CNC(=O)c1nnc(NC(=O)N2CC(C)C2)cc1Nc1cccc(-c2ncn(C)n2)c1OC.Cl.NC(=O)Oc1ccccc1. The Morgan fingerprint density at radius 2 is 1.10 bits per heavy atom. The number of nitrogens with zero attached hydrogens (tertiary/aromatic N) is 12. The number of anilines is 5. The lowest BCUT2D eigenvalue weighted by molar-refractivity contribution is 0.0950. The molecule has 30 heteroatoms. The Bertz CT molecular complexity index is 3300. The molecule has 3 aromatic carbocycles. The molecule has 0 atom stereocenters. The number of aromatic nitrogens is 10. The van der Waals surface area contributed by atoms with Gasteiger partial charge >= 0.3 is 18.2 Å². The molecule has 10 N–H and O–H groups in total. The zero-order valence-corrected chi connectivity index (χ0v) is 48.8. The number of amides is 7. The van der Waals surface area contributed by atoms with Gasteiger partial charge in [0.05, 0.1) is 48.1 Å². The van der Waals surface area contributed by atoms with Gasteiger partial charge in [0.2, 0.25) is 0 Å². The van der Waals surface area contributed by atoms with Crippen molar-refractivity contribution in [1.82, 2.24) is 75.7 Å². The minimum absolute atomic E-state index is 0. The number of ether oxygens (including phenoxy) is 3. The topological polar surface area (TPSA) is 357 Å². The number of primary amides is 2. The molecule has 7 aromatic rings. The Morgan fingerprint density at radius 3 is 1.48 bits per heavy atom. The van der Waals surface area contributed by atoms with Crippen LogP contribution in [0.3, 0.4) is 0 Å². The van der Waals surface area contributed by atoms with E-state index < -0.39 is 17.9 Å². The number of rotatable bonds is 12. The molecule has 3 fully saturated rings. The van der Waals surface area contributed by atoms with Crippen molar-refractivity contribution >= 4 is 82.5 Å². The maximum absolute atomic E-state index is 12.4. The van der Waals surface area contributed by atoms with E-state index in [1.807, 2.05) is 30.3 Å². The molecule has 83 heavy (non-hydrogen) atoms. The number of nitrogens with one attached hydrogen (secondary N) is 6. The molecule has 0 spiro atoms. The van der Waals surface area contributed by atoms with Gasteiger partial charge in [-0.3, -0.25) is 24.3 Å². The van der Waals surface area contributed by atoms with Gasteiger partial charge in [0.25, 0.3) is 11.8 Å². The number of urea groups is 2. The summed E-state index contributed by atoms with van der Waals surface area (Å²) in [5, 5.41) is 41.7. The predicted octanol–water partition coefficient (Wildman–Crippen LogP) is 5.71. The van der Waals surface area contributed by atoms with E-state index in [0.717, 1.165) is 19.0 Å². The zero-order valence-electron chi connectivity index (χ0n) is 47.2. The van der Waals surface area contributed by atoms with E-state index >= 15 is 0 Å². The average Bonchev–Trinajstić information content (AvgIpc) is 4.16. The van der Waals surface area contributed by atoms with Crippen LogP contribution in [0.25, 0.3) is 22.8 Å². The summed E-state index contributed by atoms with van der Waals surface area (Å²) >= 11 is 5.94. The number of hydrogen-bond donors (Lipinski definition) is 8. The van der Waals surface area contributed by atoms with Crippen molar-refractivity contribution in [2.24, 2.45) is 43.3 Å². The number of para-hydroxylation sites is 3. The van der Waals surface area contributed by atoms with Crippen LogP contribution in [0.15, 0.2) is 91.5 Å². The fourth-order valence-corrected chi connectivity index (χ4v) is 7.98. The monoisotopic (exact) mass is 1180 g/mol. The normalized spacial score (nSPS) is 13.1. The summed E-state index contributed by atoms with van der Waals surface area (Å²) in [5.74, 6) is 3.98. The first-order chi connectivity index (χ1) is 39.3. The molecule has 4 aromatic heterocycles. The van der Waals surface area contributed by atoms with E-state index in [2.05, 4.69) is 98.0 Å². The second kappa shape index (κ2) is 31.0. The minimum Gasteiger partial charge on any atom is -0.494 e. The van der Waals surface area contributed by atoms with E-state index in [9.17, 15) is 24.0 Å². The molecular weight excluding hydrogens is 1120 g/mol. The van der Waals surface area contributed by atoms with Crippen LogP contribution < -0.4 is 57.6 Å². The molecular formula is C53H68Cl2N20O8. The van der Waals surface area contributed by atoms with Gasteiger partial charge in [-0.1, -0.05) is 62.7 Å². The number of hydrogen-bond acceptors (Lipinski definition) is 19. The van der Waals surface area contributed by atoms with Crippen molar-refractivity contribution in [3.05, 3.63) is 108 Å². The first-order valence-electron chi connectivity index (χ1n) is 25.6. The number of carbonyl (C=O) groups is 5. The van der Waals surface area contributed by atoms with E-state index in [0.29, 0.717) is 87.7 Å².